The molecule has 0 unspecified atom stereocenters. The summed E-state index contributed by atoms with van der Waals surface area (Å²) in [5.41, 5.74) is 12.4. The minimum atomic E-state index is 0.943. The Morgan fingerprint density at radius 3 is 2.42 bits per heavy atom. The van der Waals surface area contributed by atoms with Gasteiger partial charge in [0.2, 0.25) is 0 Å². The SMILES string of the molecule is C=C/C=C(\C=C/C)C(/C)=C/C=C(\C=C)N(C1=Cc2sc3ccc4c(c3c2CC1)C=CC=CC4)c1ccc(-c2ccccc2)cc1. The molecule has 4 aromatic rings. The van der Waals surface area contributed by atoms with Gasteiger partial charge in [0, 0.05) is 32.0 Å². The summed E-state index contributed by atoms with van der Waals surface area (Å²) >= 11 is 1.91. The van der Waals surface area contributed by atoms with Gasteiger partial charge in [-0.25, -0.2) is 0 Å². The summed E-state index contributed by atoms with van der Waals surface area (Å²) in [5.74, 6) is 0. The van der Waals surface area contributed by atoms with Crippen LogP contribution in [0.4, 0.5) is 5.69 Å². The minimum Gasteiger partial charge on any atom is -0.314 e. The van der Waals surface area contributed by atoms with Crippen LogP contribution in [0.5, 0.6) is 0 Å². The normalized spacial score (nSPS) is 15.1. The van der Waals surface area contributed by atoms with Crippen molar-refractivity contribution in [3.63, 3.8) is 0 Å². The van der Waals surface area contributed by atoms with Crippen LogP contribution in [0.25, 0.3) is 33.4 Å². The van der Waals surface area contributed by atoms with Gasteiger partial charge in [0.05, 0.1) is 0 Å². The fourth-order valence-electron chi connectivity index (χ4n) is 6.23. The second-order valence-electron chi connectivity index (χ2n) is 11.3. The number of thiophene rings is 1. The zero-order chi connectivity index (χ0) is 31.2. The molecule has 0 N–H and O–H groups in total. The number of nitrogens with zero attached hydrogens (tertiary/aromatic N) is 1. The van der Waals surface area contributed by atoms with Crippen LogP contribution in [0, 0.1) is 0 Å². The van der Waals surface area contributed by atoms with E-state index in [2.05, 4.69) is 146 Å². The molecule has 0 amide bonds. The fourth-order valence-corrected chi connectivity index (χ4v) is 7.46. The summed E-state index contributed by atoms with van der Waals surface area (Å²) in [4.78, 5) is 3.74. The summed E-state index contributed by atoms with van der Waals surface area (Å²) < 4.78 is 1.37. The second kappa shape index (κ2) is 13.8. The zero-order valence-electron chi connectivity index (χ0n) is 26.2. The van der Waals surface area contributed by atoms with Crippen molar-refractivity contribution < 1.29 is 0 Å². The monoisotopic (exact) mass is 601 g/mol. The number of benzene rings is 3. The van der Waals surface area contributed by atoms with Crippen LogP contribution in [0.1, 0.15) is 41.8 Å². The van der Waals surface area contributed by atoms with E-state index in [0.717, 1.165) is 36.2 Å². The summed E-state index contributed by atoms with van der Waals surface area (Å²) in [6.45, 7) is 12.4. The van der Waals surface area contributed by atoms with Gasteiger partial charge >= 0.3 is 0 Å². The topological polar surface area (TPSA) is 3.24 Å². The molecule has 1 heterocycles. The van der Waals surface area contributed by atoms with Gasteiger partial charge in [-0.15, -0.1) is 11.3 Å². The third kappa shape index (κ3) is 6.34. The first-order chi connectivity index (χ1) is 22.1. The summed E-state index contributed by atoms with van der Waals surface area (Å²) in [7, 11) is 0. The molecule has 0 atom stereocenters. The molecule has 6 rings (SSSR count). The number of anilines is 1. The Kier molecular flexibility index (Phi) is 9.24. The maximum absolute atomic E-state index is 4.28. The summed E-state index contributed by atoms with van der Waals surface area (Å²) in [5, 5.41) is 1.44. The molecule has 2 heteroatoms. The smallest absolute Gasteiger partial charge is 0.0458 e. The quantitative estimate of drug-likeness (QED) is 0.173. The average Bonchev–Trinajstić information content (AvgIpc) is 3.28. The van der Waals surface area contributed by atoms with Crippen LogP contribution < -0.4 is 4.90 Å². The molecule has 0 aliphatic heterocycles. The van der Waals surface area contributed by atoms with E-state index in [-0.39, 0.29) is 0 Å². The van der Waals surface area contributed by atoms with Crippen molar-refractivity contribution in [3.05, 3.63) is 185 Å². The molecule has 0 saturated carbocycles. The number of hydrogen-bond acceptors (Lipinski definition) is 2. The molecule has 3 aromatic carbocycles. The maximum Gasteiger partial charge on any atom is 0.0458 e. The first kappa shape index (κ1) is 30.1. The van der Waals surface area contributed by atoms with E-state index in [1.165, 1.54) is 54.1 Å². The predicted molar refractivity (Wildman–Crippen MR) is 199 cm³/mol. The lowest BCUT2D eigenvalue weighted by molar-refractivity contribution is 0.892. The molecule has 0 saturated heterocycles. The number of rotatable bonds is 9. The number of fused-ring (bicyclic) bond motifs is 5. The molecular weight excluding hydrogens is 563 g/mol. The van der Waals surface area contributed by atoms with E-state index < -0.39 is 0 Å². The van der Waals surface area contributed by atoms with Crippen LogP contribution >= 0.6 is 11.3 Å². The van der Waals surface area contributed by atoms with E-state index in [4.69, 9.17) is 0 Å². The van der Waals surface area contributed by atoms with Crippen LogP contribution in [0.2, 0.25) is 0 Å². The molecule has 0 bridgehead atoms. The molecule has 1 aromatic heterocycles. The lowest BCUT2D eigenvalue weighted by atomic mass is 9.92. The Bertz CT molecular complexity index is 1950. The van der Waals surface area contributed by atoms with Gasteiger partial charge in [0.1, 0.15) is 0 Å². The third-order valence-electron chi connectivity index (χ3n) is 8.48. The second-order valence-corrected chi connectivity index (χ2v) is 12.4. The van der Waals surface area contributed by atoms with E-state index in [1.54, 1.807) is 0 Å². The predicted octanol–water partition coefficient (Wildman–Crippen LogP) is 12.2. The van der Waals surface area contributed by atoms with Crippen LogP contribution in [-0.2, 0) is 12.8 Å². The van der Waals surface area contributed by atoms with Gasteiger partial charge in [0.15, 0.2) is 0 Å². The molecule has 0 spiro atoms. The molecular formula is C43H39NS. The first-order valence-corrected chi connectivity index (χ1v) is 16.5. The van der Waals surface area contributed by atoms with Gasteiger partial charge in [-0.2, -0.15) is 0 Å². The molecule has 45 heavy (non-hydrogen) atoms. The van der Waals surface area contributed by atoms with Gasteiger partial charge in [-0.3, -0.25) is 0 Å². The Labute approximate surface area is 272 Å². The van der Waals surface area contributed by atoms with Crippen molar-refractivity contribution in [2.45, 2.75) is 33.1 Å². The van der Waals surface area contributed by atoms with Crippen molar-refractivity contribution in [3.8, 4) is 11.1 Å². The van der Waals surface area contributed by atoms with E-state index >= 15 is 0 Å². The molecule has 2 aliphatic rings. The Hall–Kier alpha value is -4.92. The third-order valence-corrected chi connectivity index (χ3v) is 9.63. The number of hydrogen-bond donors (Lipinski definition) is 0. The number of allylic oxidation sites excluding steroid dienone is 13. The van der Waals surface area contributed by atoms with E-state index in [9.17, 15) is 0 Å². The minimum absolute atomic E-state index is 0.943. The maximum atomic E-state index is 4.28. The molecule has 1 nitrogen and oxygen atoms in total. The highest BCUT2D eigenvalue weighted by atomic mass is 32.1. The highest BCUT2D eigenvalue weighted by Crippen LogP contribution is 2.43. The van der Waals surface area contributed by atoms with E-state index in [1.807, 2.05) is 36.5 Å². The molecule has 2 aliphatic carbocycles. The van der Waals surface area contributed by atoms with Crippen LogP contribution in [0.3, 0.4) is 0 Å². The van der Waals surface area contributed by atoms with Crippen LogP contribution in [-0.4, -0.2) is 0 Å². The average molecular weight is 602 g/mol. The summed E-state index contributed by atoms with van der Waals surface area (Å²) in [6.07, 6.45) is 28.6. The van der Waals surface area contributed by atoms with Crippen molar-refractivity contribution in [2.75, 3.05) is 4.90 Å². The zero-order valence-corrected chi connectivity index (χ0v) is 27.0. The molecule has 0 fully saturated rings. The van der Waals surface area contributed by atoms with Crippen molar-refractivity contribution in [2.24, 2.45) is 0 Å². The lowest BCUT2D eigenvalue weighted by Gasteiger charge is -2.31. The Morgan fingerprint density at radius 2 is 1.67 bits per heavy atom. The van der Waals surface area contributed by atoms with Crippen molar-refractivity contribution in [1.29, 1.82) is 0 Å². The van der Waals surface area contributed by atoms with Crippen molar-refractivity contribution in [1.82, 2.24) is 0 Å². The Balaban J connectivity index is 1.46. The highest BCUT2D eigenvalue weighted by Gasteiger charge is 2.24. The van der Waals surface area contributed by atoms with Gasteiger partial charge in [-0.05, 0) is 109 Å². The van der Waals surface area contributed by atoms with Gasteiger partial charge in [-0.1, -0.05) is 116 Å². The lowest BCUT2D eigenvalue weighted by Crippen LogP contribution is -2.22. The molecule has 0 radical (unpaired) electrons. The standard InChI is InChI=1S/C43H39NS/c1-5-14-32(15-6-2)31(4)20-24-36(7-3)44(37-25-21-34(22-26-37)33-16-10-8-11-17-33)38-27-28-40-42(30-38)45-41-29-23-35-18-12-9-13-19-39(35)43(40)41/h5-17,19-26,29-30H,1,3,18,27-28H2,2,4H3/b15-6-,31-20+,32-14+,36-24+. The highest BCUT2D eigenvalue weighted by molar-refractivity contribution is 7.20. The van der Waals surface area contributed by atoms with E-state index in [0.29, 0.717) is 0 Å². The summed E-state index contributed by atoms with van der Waals surface area (Å²) in [6, 6.07) is 24.1. The number of aryl methyl sites for hydroxylation is 1. The molecule has 222 valence electrons. The first-order valence-electron chi connectivity index (χ1n) is 15.6. The Morgan fingerprint density at radius 1 is 0.867 bits per heavy atom. The van der Waals surface area contributed by atoms with Crippen LogP contribution in [0.15, 0.2) is 163 Å². The fraction of sp³-hybridized carbons (Fsp3) is 0.116. The van der Waals surface area contributed by atoms with Crippen molar-refractivity contribution >= 4 is 39.3 Å². The van der Waals surface area contributed by atoms with Gasteiger partial charge in [0.25, 0.3) is 0 Å². The largest absolute Gasteiger partial charge is 0.314 e. The van der Waals surface area contributed by atoms with Gasteiger partial charge < -0.3 is 4.90 Å².